The molecule has 0 unspecified atom stereocenters. The topological polar surface area (TPSA) is 44.5 Å². The second-order valence-electron chi connectivity index (χ2n) is 4.30. The van der Waals surface area contributed by atoms with Gasteiger partial charge in [-0.25, -0.2) is 0 Å². The number of ether oxygens (including phenoxy) is 2. The molecule has 0 radical (unpaired) electrons. The van der Waals surface area contributed by atoms with Gasteiger partial charge in [0.2, 0.25) is 0 Å². The minimum atomic E-state index is -4.75. The van der Waals surface area contributed by atoms with Crippen molar-refractivity contribution >= 4 is 12.4 Å². The van der Waals surface area contributed by atoms with E-state index in [-0.39, 0.29) is 24.7 Å². The van der Waals surface area contributed by atoms with E-state index in [4.69, 9.17) is 10.5 Å². The number of benzene rings is 2. The van der Waals surface area contributed by atoms with Crippen LogP contribution in [0.2, 0.25) is 0 Å². The van der Waals surface area contributed by atoms with E-state index in [2.05, 4.69) is 4.74 Å². The Bertz CT molecular complexity index is 615. The van der Waals surface area contributed by atoms with E-state index >= 15 is 0 Å². The fourth-order valence-corrected chi connectivity index (χ4v) is 1.91. The van der Waals surface area contributed by atoms with Crippen LogP contribution in [0.15, 0.2) is 42.5 Å². The van der Waals surface area contributed by atoms with Crippen LogP contribution in [0.4, 0.5) is 13.2 Å². The Morgan fingerprint density at radius 1 is 1.00 bits per heavy atom. The van der Waals surface area contributed by atoms with Crippen molar-refractivity contribution in [3.05, 3.63) is 48.0 Å². The van der Waals surface area contributed by atoms with E-state index in [1.165, 1.54) is 12.1 Å². The van der Waals surface area contributed by atoms with Crippen LogP contribution in [0.1, 0.15) is 5.56 Å². The van der Waals surface area contributed by atoms with Crippen molar-refractivity contribution < 1.29 is 22.6 Å². The van der Waals surface area contributed by atoms with Gasteiger partial charge in [-0.1, -0.05) is 24.3 Å². The van der Waals surface area contributed by atoms with E-state index in [0.29, 0.717) is 16.9 Å². The van der Waals surface area contributed by atoms with Gasteiger partial charge < -0.3 is 15.2 Å². The second kappa shape index (κ2) is 7.38. The summed E-state index contributed by atoms with van der Waals surface area (Å²) in [6.45, 7) is -0.0334. The van der Waals surface area contributed by atoms with Crippen LogP contribution >= 0.6 is 12.4 Å². The molecule has 7 heteroatoms. The Hall–Kier alpha value is -1.92. The highest BCUT2D eigenvalue weighted by molar-refractivity contribution is 5.85. The standard InChI is InChI=1S/C15H14F3NO2.ClH/c1-20-13-6-4-10(5-7-13)11-2-3-12(9-19)14(8-11)21-15(16,17)18;/h2-8H,9,19H2,1H3;1H. The zero-order chi connectivity index (χ0) is 15.5. The number of methoxy groups -OCH3 is 1. The minimum absolute atomic E-state index is 0. The Morgan fingerprint density at radius 3 is 2.09 bits per heavy atom. The summed E-state index contributed by atoms with van der Waals surface area (Å²) in [6.07, 6.45) is -4.75. The Morgan fingerprint density at radius 2 is 1.59 bits per heavy atom. The van der Waals surface area contributed by atoms with Gasteiger partial charge in [0.1, 0.15) is 11.5 Å². The summed E-state index contributed by atoms with van der Waals surface area (Å²) in [5.74, 6) is 0.391. The number of nitrogens with two attached hydrogens (primary N) is 1. The molecule has 22 heavy (non-hydrogen) atoms. The average molecular weight is 334 g/mol. The van der Waals surface area contributed by atoms with Crippen molar-refractivity contribution in [2.45, 2.75) is 12.9 Å². The summed E-state index contributed by atoms with van der Waals surface area (Å²) in [6, 6.07) is 11.5. The van der Waals surface area contributed by atoms with Crippen molar-refractivity contribution in [2.24, 2.45) is 5.73 Å². The van der Waals surface area contributed by atoms with E-state index in [9.17, 15) is 13.2 Å². The lowest BCUT2D eigenvalue weighted by molar-refractivity contribution is -0.274. The Kier molecular flexibility index (Phi) is 6.08. The van der Waals surface area contributed by atoms with Crippen molar-refractivity contribution in [2.75, 3.05) is 7.11 Å². The van der Waals surface area contributed by atoms with Crippen molar-refractivity contribution in [3.63, 3.8) is 0 Å². The highest BCUT2D eigenvalue weighted by atomic mass is 35.5. The smallest absolute Gasteiger partial charge is 0.497 e. The first-order chi connectivity index (χ1) is 9.93. The molecule has 120 valence electrons. The molecule has 0 fully saturated rings. The third-order valence-electron chi connectivity index (χ3n) is 2.94. The van der Waals surface area contributed by atoms with Gasteiger partial charge in [-0.15, -0.1) is 25.6 Å². The second-order valence-corrected chi connectivity index (χ2v) is 4.30. The zero-order valence-electron chi connectivity index (χ0n) is 11.7. The molecule has 0 amide bonds. The molecule has 0 saturated heterocycles. The van der Waals surface area contributed by atoms with Gasteiger partial charge in [-0.05, 0) is 29.3 Å². The molecule has 0 aliphatic heterocycles. The molecule has 0 aromatic heterocycles. The lowest BCUT2D eigenvalue weighted by atomic mass is 10.0. The van der Waals surface area contributed by atoms with Crippen molar-refractivity contribution in [3.8, 4) is 22.6 Å². The predicted molar refractivity (Wildman–Crippen MR) is 80.3 cm³/mol. The third-order valence-corrected chi connectivity index (χ3v) is 2.94. The van der Waals surface area contributed by atoms with E-state index in [0.717, 1.165) is 5.56 Å². The zero-order valence-corrected chi connectivity index (χ0v) is 12.5. The maximum absolute atomic E-state index is 12.4. The minimum Gasteiger partial charge on any atom is -0.497 e. The summed E-state index contributed by atoms with van der Waals surface area (Å²) in [4.78, 5) is 0. The van der Waals surface area contributed by atoms with Crippen LogP contribution in [0.3, 0.4) is 0 Å². The van der Waals surface area contributed by atoms with Crippen LogP contribution in [0, 0.1) is 0 Å². The summed E-state index contributed by atoms with van der Waals surface area (Å²) in [5, 5.41) is 0. The summed E-state index contributed by atoms with van der Waals surface area (Å²) >= 11 is 0. The van der Waals surface area contributed by atoms with E-state index < -0.39 is 6.36 Å². The third kappa shape index (κ3) is 4.54. The molecule has 2 aromatic rings. The lowest BCUT2D eigenvalue weighted by Crippen LogP contribution is -2.18. The molecule has 0 bridgehead atoms. The fourth-order valence-electron chi connectivity index (χ4n) is 1.91. The van der Waals surface area contributed by atoms with Gasteiger partial charge in [-0.2, -0.15) is 0 Å². The van der Waals surface area contributed by atoms with Crippen molar-refractivity contribution in [1.29, 1.82) is 0 Å². The van der Waals surface area contributed by atoms with Gasteiger partial charge >= 0.3 is 6.36 Å². The highest BCUT2D eigenvalue weighted by Gasteiger charge is 2.32. The fraction of sp³-hybridized carbons (Fsp3) is 0.200. The molecule has 0 spiro atoms. The first-order valence-electron chi connectivity index (χ1n) is 6.16. The molecule has 0 aliphatic carbocycles. The normalized spacial score (nSPS) is 10.8. The van der Waals surface area contributed by atoms with Crippen LogP contribution < -0.4 is 15.2 Å². The largest absolute Gasteiger partial charge is 0.573 e. The number of hydrogen-bond acceptors (Lipinski definition) is 3. The van der Waals surface area contributed by atoms with Crippen LogP contribution in [0.25, 0.3) is 11.1 Å². The highest BCUT2D eigenvalue weighted by Crippen LogP contribution is 2.31. The van der Waals surface area contributed by atoms with Gasteiger partial charge in [0.25, 0.3) is 0 Å². The van der Waals surface area contributed by atoms with Crippen LogP contribution in [-0.2, 0) is 6.54 Å². The summed E-state index contributed by atoms with van der Waals surface area (Å²) in [7, 11) is 1.54. The number of rotatable bonds is 4. The van der Waals surface area contributed by atoms with E-state index in [1.807, 2.05) is 0 Å². The van der Waals surface area contributed by atoms with Crippen LogP contribution in [-0.4, -0.2) is 13.5 Å². The SMILES string of the molecule is COc1ccc(-c2ccc(CN)c(OC(F)(F)F)c2)cc1.Cl. The quantitative estimate of drug-likeness (QED) is 0.914. The Balaban J connectivity index is 0.00000242. The molecule has 0 heterocycles. The maximum atomic E-state index is 12.4. The Labute approximate surface area is 132 Å². The monoisotopic (exact) mass is 333 g/mol. The molecule has 0 aliphatic rings. The molecule has 2 N–H and O–H groups in total. The molecule has 0 saturated carbocycles. The molecular formula is C15H15ClF3NO2. The van der Waals surface area contributed by atoms with Crippen LogP contribution in [0.5, 0.6) is 11.5 Å². The first-order valence-corrected chi connectivity index (χ1v) is 6.16. The number of alkyl halides is 3. The molecule has 2 aromatic carbocycles. The predicted octanol–water partition coefficient (Wildman–Crippen LogP) is 4.14. The maximum Gasteiger partial charge on any atom is 0.573 e. The summed E-state index contributed by atoms with van der Waals surface area (Å²) < 4.78 is 46.3. The average Bonchev–Trinajstić information content (AvgIpc) is 2.45. The summed E-state index contributed by atoms with van der Waals surface area (Å²) in [5.41, 5.74) is 7.09. The number of halogens is 4. The lowest BCUT2D eigenvalue weighted by Gasteiger charge is -2.14. The number of hydrogen-bond donors (Lipinski definition) is 1. The van der Waals surface area contributed by atoms with E-state index in [1.54, 1.807) is 37.4 Å². The van der Waals surface area contributed by atoms with Gasteiger partial charge in [0.05, 0.1) is 7.11 Å². The molecule has 3 nitrogen and oxygen atoms in total. The molecule has 0 atom stereocenters. The molecular weight excluding hydrogens is 319 g/mol. The van der Waals surface area contributed by atoms with Crippen molar-refractivity contribution in [1.82, 2.24) is 0 Å². The first kappa shape index (κ1) is 18.1. The van der Waals surface area contributed by atoms with Gasteiger partial charge in [-0.3, -0.25) is 0 Å². The van der Waals surface area contributed by atoms with Gasteiger partial charge in [0.15, 0.2) is 0 Å². The van der Waals surface area contributed by atoms with Gasteiger partial charge in [0, 0.05) is 12.1 Å². The molecule has 2 rings (SSSR count).